The summed E-state index contributed by atoms with van der Waals surface area (Å²) in [5.41, 5.74) is 2.89. The van der Waals surface area contributed by atoms with Gasteiger partial charge in [0.2, 0.25) is 11.8 Å². The van der Waals surface area contributed by atoms with E-state index in [9.17, 15) is 18.0 Å². The van der Waals surface area contributed by atoms with Crippen LogP contribution in [0.5, 0.6) is 5.75 Å². The Labute approximate surface area is 231 Å². The number of rotatable bonds is 12. The highest BCUT2D eigenvalue weighted by atomic mass is 32.2. The highest BCUT2D eigenvalue weighted by molar-refractivity contribution is 7.92. The van der Waals surface area contributed by atoms with E-state index in [2.05, 4.69) is 5.32 Å². The number of para-hydroxylation sites is 1. The summed E-state index contributed by atoms with van der Waals surface area (Å²) < 4.78 is 34.4. The normalized spacial score (nSPS) is 11.9. The lowest BCUT2D eigenvalue weighted by molar-refractivity contribution is -0.139. The molecule has 0 unspecified atom stereocenters. The average Bonchev–Trinajstić information content (AvgIpc) is 2.94. The van der Waals surface area contributed by atoms with Crippen LogP contribution in [0.25, 0.3) is 0 Å². The number of carbonyl (C=O) groups excluding carboxylic acids is 2. The number of anilines is 1. The van der Waals surface area contributed by atoms with Crippen molar-refractivity contribution in [2.75, 3.05) is 24.5 Å². The van der Waals surface area contributed by atoms with Crippen LogP contribution in [0.3, 0.4) is 0 Å². The predicted octanol–water partition coefficient (Wildman–Crippen LogP) is 4.31. The molecule has 3 rings (SSSR count). The van der Waals surface area contributed by atoms with Crippen LogP contribution in [0.15, 0.2) is 77.7 Å². The molecule has 0 bridgehead atoms. The first kappa shape index (κ1) is 29.7. The Morgan fingerprint density at radius 3 is 2.31 bits per heavy atom. The van der Waals surface area contributed by atoms with Gasteiger partial charge in [-0.1, -0.05) is 55.0 Å². The fourth-order valence-corrected chi connectivity index (χ4v) is 5.73. The molecule has 0 aliphatic carbocycles. The zero-order valence-electron chi connectivity index (χ0n) is 23.2. The van der Waals surface area contributed by atoms with E-state index in [0.29, 0.717) is 24.4 Å². The fourth-order valence-electron chi connectivity index (χ4n) is 4.28. The highest BCUT2D eigenvalue weighted by Crippen LogP contribution is 2.28. The van der Waals surface area contributed by atoms with Gasteiger partial charge in [-0.05, 0) is 68.7 Å². The molecule has 0 aliphatic heterocycles. The molecule has 0 saturated heterocycles. The molecular weight excluding hydrogens is 514 g/mol. The van der Waals surface area contributed by atoms with Gasteiger partial charge < -0.3 is 15.0 Å². The SMILES string of the molecule is CCNC(=O)[C@H](C)N(Cc1cccc(OC)c1)C(=O)CN(c1ccccc1CC)S(=O)(=O)c1ccc(C)cc1. The number of methoxy groups -OCH3 is 1. The zero-order chi connectivity index (χ0) is 28.6. The number of aryl methyl sites for hydroxylation is 2. The van der Waals surface area contributed by atoms with Crippen molar-refractivity contribution in [3.05, 3.63) is 89.5 Å². The molecule has 1 atom stereocenters. The maximum absolute atomic E-state index is 14.0. The fraction of sp³-hybridized carbons (Fsp3) is 0.333. The first-order valence-corrected chi connectivity index (χ1v) is 14.4. The van der Waals surface area contributed by atoms with E-state index in [0.717, 1.165) is 21.0 Å². The predicted molar refractivity (Wildman–Crippen MR) is 153 cm³/mol. The maximum atomic E-state index is 14.0. The van der Waals surface area contributed by atoms with Crippen LogP contribution >= 0.6 is 0 Å². The number of nitrogens with zero attached hydrogens (tertiary/aromatic N) is 2. The number of benzene rings is 3. The van der Waals surface area contributed by atoms with Crippen molar-refractivity contribution in [2.24, 2.45) is 0 Å². The molecule has 9 heteroatoms. The minimum atomic E-state index is -4.11. The molecule has 3 aromatic rings. The van der Waals surface area contributed by atoms with Gasteiger partial charge in [0.05, 0.1) is 17.7 Å². The quantitative estimate of drug-likeness (QED) is 0.362. The first-order valence-electron chi connectivity index (χ1n) is 13.0. The van der Waals surface area contributed by atoms with E-state index < -0.39 is 28.5 Å². The van der Waals surface area contributed by atoms with Gasteiger partial charge in [0.1, 0.15) is 18.3 Å². The molecular formula is C30H37N3O5S. The minimum Gasteiger partial charge on any atom is -0.497 e. The Bertz CT molecular complexity index is 1390. The number of hydrogen-bond acceptors (Lipinski definition) is 5. The largest absolute Gasteiger partial charge is 0.497 e. The standard InChI is InChI=1S/C30H37N3O5S/c1-6-25-12-8-9-14-28(25)33(39(36,37)27-17-15-22(3)16-18-27)21-29(34)32(23(4)30(35)31-7-2)20-24-11-10-13-26(19-24)38-5/h8-19,23H,6-7,20-21H2,1-5H3,(H,31,35)/t23-/m0/s1. The third-order valence-electron chi connectivity index (χ3n) is 6.53. The molecule has 39 heavy (non-hydrogen) atoms. The van der Waals surface area contributed by atoms with E-state index in [1.807, 2.05) is 32.0 Å². The number of ether oxygens (including phenoxy) is 1. The Hall–Kier alpha value is -3.85. The second-order valence-corrected chi connectivity index (χ2v) is 11.1. The minimum absolute atomic E-state index is 0.0860. The Kier molecular flexibility index (Phi) is 10.1. The summed E-state index contributed by atoms with van der Waals surface area (Å²) in [6.45, 7) is 7.29. The number of sulfonamides is 1. The molecule has 0 heterocycles. The molecule has 8 nitrogen and oxygen atoms in total. The van der Waals surface area contributed by atoms with E-state index in [1.54, 1.807) is 75.6 Å². The Morgan fingerprint density at radius 1 is 0.974 bits per heavy atom. The molecule has 0 aliphatic rings. The molecule has 0 fully saturated rings. The lowest BCUT2D eigenvalue weighted by atomic mass is 10.1. The second-order valence-electron chi connectivity index (χ2n) is 9.25. The van der Waals surface area contributed by atoms with Gasteiger partial charge in [-0.25, -0.2) is 8.42 Å². The number of likely N-dealkylation sites (N-methyl/N-ethyl adjacent to an activating group) is 1. The summed E-state index contributed by atoms with van der Waals surface area (Å²) in [6.07, 6.45) is 0.577. The molecule has 2 amide bonds. The van der Waals surface area contributed by atoms with Crippen molar-refractivity contribution in [2.45, 2.75) is 51.6 Å². The van der Waals surface area contributed by atoms with Crippen molar-refractivity contribution in [3.8, 4) is 5.75 Å². The lowest BCUT2D eigenvalue weighted by Gasteiger charge is -2.32. The van der Waals surface area contributed by atoms with Crippen LogP contribution in [0.2, 0.25) is 0 Å². The molecule has 0 saturated carbocycles. The molecule has 0 spiro atoms. The van der Waals surface area contributed by atoms with Crippen molar-refractivity contribution in [1.29, 1.82) is 0 Å². The van der Waals surface area contributed by atoms with Gasteiger partial charge in [-0.15, -0.1) is 0 Å². The first-order chi connectivity index (χ1) is 18.6. The maximum Gasteiger partial charge on any atom is 0.264 e. The van der Waals surface area contributed by atoms with Crippen LogP contribution in [-0.4, -0.2) is 51.4 Å². The average molecular weight is 552 g/mol. The number of nitrogens with one attached hydrogen (secondary N) is 1. The Morgan fingerprint density at radius 2 is 1.67 bits per heavy atom. The summed E-state index contributed by atoms with van der Waals surface area (Å²) in [7, 11) is -2.55. The van der Waals surface area contributed by atoms with E-state index in [-0.39, 0.29) is 17.3 Å². The van der Waals surface area contributed by atoms with Crippen molar-refractivity contribution < 1.29 is 22.7 Å². The topological polar surface area (TPSA) is 96.0 Å². The van der Waals surface area contributed by atoms with E-state index in [4.69, 9.17) is 4.74 Å². The number of hydrogen-bond donors (Lipinski definition) is 1. The van der Waals surface area contributed by atoms with Gasteiger partial charge in [-0.2, -0.15) is 0 Å². The van der Waals surface area contributed by atoms with Gasteiger partial charge >= 0.3 is 0 Å². The van der Waals surface area contributed by atoms with Crippen molar-refractivity contribution in [3.63, 3.8) is 0 Å². The Balaban J connectivity index is 2.07. The summed E-state index contributed by atoms with van der Waals surface area (Å²) in [4.78, 5) is 28.3. The van der Waals surface area contributed by atoms with Gasteiger partial charge in [-0.3, -0.25) is 13.9 Å². The molecule has 0 aromatic heterocycles. The molecule has 208 valence electrons. The second kappa shape index (κ2) is 13.3. The zero-order valence-corrected chi connectivity index (χ0v) is 24.0. The monoisotopic (exact) mass is 551 g/mol. The number of amides is 2. The van der Waals surface area contributed by atoms with Gasteiger partial charge in [0, 0.05) is 13.1 Å². The summed E-state index contributed by atoms with van der Waals surface area (Å²) in [5, 5.41) is 2.76. The molecule has 3 aromatic carbocycles. The summed E-state index contributed by atoms with van der Waals surface area (Å²) >= 11 is 0. The van der Waals surface area contributed by atoms with E-state index in [1.165, 1.54) is 4.90 Å². The smallest absolute Gasteiger partial charge is 0.264 e. The van der Waals surface area contributed by atoms with Crippen molar-refractivity contribution >= 4 is 27.5 Å². The lowest BCUT2D eigenvalue weighted by Crippen LogP contribution is -2.51. The van der Waals surface area contributed by atoms with Crippen LogP contribution in [0, 0.1) is 6.92 Å². The number of carbonyl (C=O) groups is 2. The molecule has 1 N–H and O–H groups in total. The van der Waals surface area contributed by atoms with Crippen LogP contribution in [0.4, 0.5) is 5.69 Å². The van der Waals surface area contributed by atoms with Crippen LogP contribution in [0.1, 0.15) is 37.5 Å². The van der Waals surface area contributed by atoms with Crippen LogP contribution < -0.4 is 14.4 Å². The third-order valence-corrected chi connectivity index (χ3v) is 8.31. The van der Waals surface area contributed by atoms with Gasteiger partial charge in [0.25, 0.3) is 10.0 Å². The third kappa shape index (κ3) is 7.17. The van der Waals surface area contributed by atoms with Crippen molar-refractivity contribution in [1.82, 2.24) is 10.2 Å². The van der Waals surface area contributed by atoms with Crippen LogP contribution in [-0.2, 0) is 32.6 Å². The summed E-state index contributed by atoms with van der Waals surface area (Å²) in [6, 6.07) is 20.1. The van der Waals surface area contributed by atoms with E-state index >= 15 is 0 Å². The summed E-state index contributed by atoms with van der Waals surface area (Å²) in [5.74, 6) is -0.208. The highest BCUT2D eigenvalue weighted by Gasteiger charge is 2.33. The van der Waals surface area contributed by atoms with Gasteiger partial charge in [0.15, 0.2) is 0 Å². The molecule has 0 radical (unpaired) electrons.